The van der Waals surface area contributed by atoms with Crippen LogP contribution in [-0.2, 0) is 5.75 Å². The molecule has 0 saturated heterocycles. The van der Waals surface area contributed by atoms with E-state index in [1.807, 2.05) is 0 Å². The zero-order valence-electron chi connectivity index (χ0n) is 18.1. The molecule has 0 unspecified atom stereocenters. The normalized spacial score (nSPS) is 11.4. The fraction of sp³-hybridized carbons (Fsp3) is 0.292. The summed E-state index contributed by atoms with van der Waals surface area (Å²) in [5.41, 5.74) is 5.60. The van der Waals surface area contributed by atoms with Gasteiger partial charge in [0.25, 0.3) is 0 Å². The Morgan fingerprint density at radius 3 is 2.74 bits per heavy atom. The summed E-state index contributed by atoms with van der Waals surface area (Å²) in [6.45, 7) is 8.88. The third-order valence-electron chi connectivity index (χ3n) is 5.03. The number of thioether (sulfide) groups is 1. The van der Waals surface area contributed by atoms with Crippen LogP contribution in [0.3, 0.4) is 0 Å². The van der Waals surface area contributed by atoms with Gasteiger partial charge in [-0.25, -0.2) is 9.97 Å². The first-order valence-corrected chi connectivity index (χ1v) is 12.1. The number of nitrogens with zero attached hydrogens (tertiary/aromatic N) is 2. The van der Waals surface area contributed by atoms with E-state index in [4.69, 9.17) is 4.74 Å². The third kappa shape index (κ3) is 4.83. The van der Waals surface area contributed by atoms with E-state index >= 15 is 0 Å². The van der Waals surface area contributed by atoms with Gasteiger partial charge in [-0.3, -0.25) is 4.79 Å². The topological polar surface area (TPSA) is 67.9 Å². The molecule has 4 rings (SSSR count). The summed E-state index contributed by atoms with van der Waals surface area (Å²) >= 11 is 3.23. The SMILES string of the molecule is Cc1ccc(-c2csc3ncnc(SCc4cc(=O)c(OCC(C)C)c[nH]4)c23)cc1C. The Labute approximate surface area is 189 Å². The standard InChI is InChI=1S/C24H25N3O2S2/c1-14(2)10-29-21-9-25-18(8-20(21)28)11-30-23-22-19(12-31-24(22)27-13-26-23)17-6-5-15(3)16(4)7-17/h5-9,12-14H,10-11H2,1-4H3,(H,25,28). The van der Waals surface area contributed by atoms with Gasteiger partial charge in [0.1, 0.15) is 16.2 Å². The molecule has 0 atom stereocenters. The van der Waals surface area contributed by atoms with E-state index in [2.05, 4.69) is 66.2 Å². The van der Waals surface area contributed by atoms with Gasteiger partial charge in [-0.15, -0.1) is 11.3 Å². The molecular formula is C24H25N3O2S2. The number of hydrogen-bond donors (Lipinski definition) is 1. The van der Waals surface area contributed by atoms with Crippen LogP contribution in [0.2, 0.25) is 0 Å². The van der Waals surface area contributed by atoms with Crippen LogP contribution >= 0.6 is 23.1 Å². The highest BCUT2D eigenvalue weighted by atomic mass is 32.2. The number of rotatable bonds is 7. The van der Waals surface area contributed by atoms with Crippen LogP contribution in [0.1, 0.15) is 30.7 Å². The number of benzene rings is 1. The van der Waals surface area contributed by atoms with Crippen molar-refractivity contribution in [3.8, 4) is 16.9 Å². The maximum absolute atomic E-state index is 12.4. The molecule has 31 heavy (non-hydrogen) atoms. The highest BCUT2D eigenvalue weighted by Crippen LogP contribution is 2.39. The molecule has 0 aliphatic carbocycles. The number of aromatic nitrogens is 3. The molecule has 0 saturated carbocycles. The van der Waals surface area contributed by atoms with Gasteiger partial charge in [0.05, 0.1) is 12.0 Å². The predicted octanol–water partition coefficient (Wildman–Crippen LogP) is 5.99. The molecular weight excluding hydrogens is 426 g/mol. The summed E-state index contributed by atoms with van der Waals surface area (Å²) < 4.78 is 5.58. The van der Waals surface area contributed by atoms with Crippen molar-refractivity contribution in [3.05, 3.63) is 69.2 Å². The molecule has 0 aliphatic heterocycles. The Balaban J connectivity index is 1.59. The number of hydrogen-bond acceptors (Lipinski definition) is 6. The third-order valence-corrected chi connectivity index (χ3v) is 6.95. The average Bonchev–Trinajstić information content (AvgIpc) is 3.18. The first kappa shape index (κ1) is 21.6. The van der Waals surface area contributed by atoms with Gasteiger partial charge in [0.2, 0.25) is 5.43 Å². The van der Waals surface area contributed by atoms with Crippen LogP contribution in [0.4, 0.5) is 0 Å². The minimum Gasteiger partial charge on any atom is -0.488 e. The number of aryl methyl sites for hydroxylation is 2. The van der Waals surface area contributed by atoms with Crippen molar-refractivity contribution in [1.82, 2.24) is 15.0 Å². The van der Waals surface area contributed by atoms with Crippen molar-refractivity contribution < 1.29 is 4.74 Å². The zero-order chi connectivity index (χ0) is 22.0. The molecule has 1 N–H and O–H groups in total. The lowest BCUT2D eigenvalue weighted by atomic mass is 10.0. The second-order valence-electron chi connectivity index (χ2n) is 7.99. The van der Waals surface area contributed by atoms with Crippen molar-refractivity contribution in [2.24, 2.45) is 5.92 Å². The first-order chi connectivity index (χ1) is 14.9. The molecule has 4 aromatic rings. The number of fused-ring (bicyclic) bond motifs is 1. The minimum absolute atomic E-state index is 0.103. The fourth-order valence-corrected chi connectivity index (χ4v) is 5.09. The number of ether oxygens (including phenoxy) is 1. The van der Waals surface area contributed by atoms with Gasteiger partial charge < -0.3 is 9.72 Å². The first-order valence-electron chi connectivity index (χ1n) is 10.2. The molecule has 0 spiro atoms. The number of nitrogens with one attached hydrogen (secondary N) is 1. The minimum atomic E-state index is -0.103. The Hall–Kier alpha value is -2.64. The second-order valence-corrected chi connectivity index (χ2v) is 9.81. The molecule has 0 amide bonds. The lowest BCUT2D eigenvalue weighted by Crippen LogP contribution is -2.13. The Morgan fingerprint density at radius 2 is 2.00 bits per heavy atom. The Bertz CT molecular complexity index is 1280. The lowest BCUT2D eigenvalue weighted by Gasteiger charge is -2.09. The van der Waals surface area contributed by atoms with Gasteiger partial charge >= 0.3 is 0 Å². The summed E-state index contributed by atoms with van der Waals surface area (Å²) in [5, 5.41) is 4.14. The fourth-order valence-electron chi connectivity index (χ4n) is 3.18. The molecule has 0 fully saturated rings. The maximum atomic E-state index is 12.4. The van der Waals surface area contributed by atoms with Gasteiger partial charge in [0.15, 0.2) is 5.75 Å². The summed E-state index contributed by atoms with van der Waals surface area (Å²) in [6.07, 6.45) is 3.26. The van der Waals surface area contributed by atoms with Crippen molar-refractivity contribution in [3.63, 3.8) is 0 Å². The predicted molar refractivity (Wildman–Crippen MR) is 129 cm³/mol. The summed E-state index contributed by atoms with van der Waals surface area (Å²) in [5.74, 6) is 1.34. The molecule has 160 valence electrons. The Kier molecular flexibility index (Phi) is 6.43. The molecule has 3 aromatic heterocycles. The van der Waals surface area contributed by atoms with Gasteiger partial charge in [-0.05, 0) is 36.5 Å². The molecule has 0 radical (unpaired) electrons. The van der Waals surface area contributed by atoms with Crippen LogP contribution in [0, 0.1) is 19.8 Å². The monoisotopic (exact) mass is 451 g/mol. The van der Waals surface area contributed by atoms with Crippen LogP contribution in [0.15, 0.2) is 52.0 Å². The van der Waals surface area contributed by atoms with Crippen molar-refractivity contribution in [2.75, 3.05) is 6.61 Å². The van der Waals surface area contributed by atoms with E-state index in [1.54, 1.807) is 41.7 Å². The lowest BCUT2D eigenvalue weighted by molar-refractivity contribution is 0.268. The average molecular weight is 452 g/mol. The molecule has 0 aliphatic rings. The van der Waals surface area contributed by atoms with Crippen LogP contribution in [-0.4, -0.2) is 21.6 Å². The quantitative estimate of drug-likeness (QED) is 0.276. The Morgan fingerprint density at radius 1 is 1.16 bits per heavy atom. The highest BCUT2D eigenvalue weighted by molar-refractivity contribution is 7.98. The van der Waals surface area contributed by atoms with Crippen LogP contribution < -0.4 is 10.2 Å². The maximum Gasteiger partial charge on any atom is 0.223 e. The van der Waals surface area contributed by atoms with E-state index < -0.39 is 0 Å². The van der Waals surface area contributed by atoms with Crippen LogP contribution in [0.5, 0.6) is 5.75 Å². The molecule has 5 nitrogen and oxygen atoms in total. The second kappa shape index (κ2) is 9.24. The summed E-state index contributed by atoms with van der Waals surface area (Å²) in [4.78, 5) is 25.5. The van der Waals surface area contributed by atoms with E-state index in [-0.39, 0.29) is 5.43 Å². The smallest absolute Gasteiger partial charge is 0.223 e. The van der Waals surface area contributed by atoms with Crippen molar-refractivity contribution in [1.29, 1.82) is 0 Å². The van der Waals surface area contributed by atoms with E-state index in [1.165, 1.54) is 16.7 Å². The number of pyridine rings is 1. The number of aromatic amines is 1. The summed E-state index contributed by atoms with van der Waals surface area (Å²) in [6, 6.07) is 8.13. The van der Waals surface area contributed by atoms with E-state index in [0.717, 1.165) is 26.5 Å². The van der Waals surface area contributed by atoms with E-state index in [9.17, 15) is 4.79 Å². The number of H-pyrrole nitrogens is 1. The molecule has 7 heteroatoms. The van der Waals surface area contributed by atoms with Crippen LogP contribution in [0.25, 0.3) is 21.3 Å². The highest BCUT2D eigenvalue weighted by Gasteiger charge is 2.14. The summed E-state index contributed by atoms with van der Waals surface area (Å²) in [7, 11) is 0. The van der Waals surface area contributed by atoms with E-state index in [0.29, 0.717) is 24.0 Å². The molecule has 0 bridgehead atoms. The molecule has 1 aromatic carbocycles. The van der Waals surface area contributed by atoms with Gasteiger partial charge in [-0.1, -0.05) is 43.8 Å². The van der Waals surface area contributed by atoms with Crippen molar-refractivity contribution >= 4 is 33.3 Å². The molecule has 3 heterocycles. The van der Waals surface area contributed by atoms with Gasteiger partial charge in [0, 0.05) is 34.7 Å². The largest absolute Gasteiger partial charge is 0.488 e. The van der Waals surface area contributed by atoms with Gasteiger partial charge in [-0.2, -0.15) is 0 Å². The zero-order valence-corrected chi connectivity index (χ0v) is 19.7. The number of thiophene rings is 1. The van der Waals surface area contributed by atoms with Crippen molar-refractivity contribution in [2.45, 2.75) is 38.5 Å².